The topological polar surface area (TPSA) is 13.7 Å². The van der Waals surface area contributed by atoms with Crippen LogP contribution in [0.5, 0.6) is 0 Å². The molecular formula is C14H24NO+. The maximum Gasteiger partial charge on any atom is 0.131 e. The summed E-state index contributed by atoms with van der Waals surface area (Å²) in [5.74, 6) is 0. The molecule has 0 aliphatic carbocycles. The Bertz CT molecular complexity index is 312. The van der Waals surface area contributed by atoms with E-state index in [9.17, 15) is 0 Å². The van der Waals surface area contributed by atoms with Crippen LogP contribution in [-0.2, 0) is 11.4 Å². The zero-order chi connectivity index (χ0) is 12.1. The summed E-state index contributed by atoms with van der Waals surface area (Å²) in [4.78, 5) is 5.95. The van der Waals surface area contributed by atoms with E-state index in [1.165, 1.54) is 16.2 Å². The minimum absolute atomic E-state index is 0.490. The van der Waals surface area contributed by atoms with Crippen LogP contribution in [-0.4, -0.2) is 12.1 Å². The van der Waals surface area contributed by atoms with Gasteiger partial charge in [-0.25, -0.2) is 0 Å². The van der Waals surface area contributed by atoms with E-state index in [-0.39, 0.29) is 0 Å². The van der Waals surface area contributed by atoms with Crippen molar-refractivity contribution in [3.8, 4) is 0 Å². The monoisotopic (exact) mass is 222 g/mol. The Balaban J connectivity index is 2.59. The third-order valence-electron chi connectivity index (χ3n) is 2.79. The highest BCUT2D eigenvalue weighted by molar-refractivity contribution is 5.24. The van der Waals surface area contributed by atoms with E-state index < -0.39 is 0 Å². The third kappa shape index (κ3) is 3.62. The van der Waals surface area contributed by atoms with Crippen LogP contribution in [0.4, 0.5) is 0 Å². The molecule has 0 amide bonds. The SMILES string of the molecule is Cc1ccccc1CO[NH+](C(C)C)C(C)C. The molecular weight excluding hydrogens is 198 g/mol. The molecule has 0 aromatic heterocycles. The normalized spacial score (nSPS) is 11.8. The van der Waals surface area contributed by atoms with Crippen molar-refractivity contribution in [3.05, 3.63) is 35.4 Å². The van der Waals surface area contributed by atoms with Crippen molar-refractivity contribution in [2.45, 2.75) is 53.3 Å². The predicted octanol–water partition coefficient (Wildman–Crippen LogP) is 2.13. The lowest BCUT2D eigenvalue weighted by Crippen LogP contribution is -3.16. The van der Waals surface area contributed by atoms with Crippen LogP contribution in [0.3, 0.4) is 0 Å². The Hall–Kier alpha value is -0.860. The third-order valence-corrected chi connectivity index (χ3v) is 2.79. The number of rotatable bonds is 5. The average Bonchev–Trinajstić information content (AvgIpc) is 2.20. The fourth-order valence-electron chi connectivity index (χ4n) is 1.93. The van der Waals surface area contributed by atoms with Gasteiger partial charge in [-0.1, -0.05) is 24.3 Å². The first-order chi connectivity index (χ1) is 7.52. The second kappa shape index (κ2) is 6.02. The molecule has 0 heterocycles. The van der Waals surface area contributed by atoms with E-state index >= 15 is 0 Å². The van der Waals surface area contributed by atoms with Gasteiger partial charge in [0, 0.05) is 0 Å². The van der Waals surface area contributed by atoms with Gasteiger partial charge in [0.2, 0.25) is 0 Å². The molecule has 1 aromatic carbocycles. The van der Waals surface area contributed by atoms with Crippen molar-refractivity contribution >= 4 is 0 Å². The highest BCUT2D eigenvalue weighted by atomic mass is 16.7. The van der Waals surface area contributed by atoms with Crippen molar-refractivity contribution in [1.29, 1.82) is 0 Å². The molecule has 0 radical (unpaired) electrons. The first-order valence-electron chi connectivity index (χ1n) is 6.06. The smallest absolute Gasteiger partial charge is 0.131 e. The van der Waals surface area contributed by atoms with Crippen LogP contribution in [0.15, 0.2) is 24.3 Å². The van der Waals surface area contributed by atoms with Gasteiger partial charge in [-0.15, -0.1) is 0 Å². The second-order valence-electron chi connectivity index (χ2n) is 4.93. The number of hydrogen-bond acceptors (Lipinski definition) is 1. The predicted molar refractivity (Wildman–Crippen MR) is 67.2 cm³/mol. The van der Waals surface area contributed by atoms with E-state index in [1.807, 2.05) is 0 Å². The van der Waals surface area contributed by atoms with Crippen molar-refractivity contribution in [2.75, 3.05) is 0 Å². The molecule has 0 spiro atoms. The molecule has 0 aliphatic heterocycles. The summed E-state index contributed by atoms with van der Waals surface area (Å²) in [7, 11) is 0. The molecule has 1 rings (SSSR count). The molecule has 0 atom stereocenters. The number of hydroxylamine groups is 2. The van der Waals surface area contributed by atoms with E-state index in [1.54, 1.807) is 0 Å². The van der Waals surface area contributed by atoms with Gasteiger partial charge in [-0.05, 0) is 45.7 Å². The standard InChI is InChI=1S/C14H23NO/c1-11(2)15(12(3)4)16-10-14-9-7-6-8-13(14)5/h6-9,11-12H,10H2,1-5H3/p+1. The first-order valence-corrected chi connectivity index (χ1v) is 6.06. The van der Waals surface area contributed by atoms with Gasteiger partial charge in [0.05, 0.1) is 0 Å². The summed E-state index contributed by atoms with van der Waals surface area (Å²) in [5, 5.41) is 1.20. The summed E-state index contributed by atoms with van der Waals surface area (Å²) in [6.45, 7) is 11.6. The molecule has 0 saturated carbocycles. The largest absolute Gasteiger partial charge is 0.199 e. The molecule has 2 nitrogen and oxygen atoms in total. The highest BCUT2D eigenvalue weighted by Gasteiger charge is 2.18. The lowest BCUT2D eigenvalue weighted by atomic mass is 10.1. The van der Waals surface area contributed by atoms with Gasteiger partial charge < -0.3 is 0 Å². The van der Waals surface area contributed by atoms with Crippen LogP contribution in [0, 0.1) is 6.92 Å². The molecule has 0 saturated heterocycles. The van der Waals surface area contributed by atoms with E-state index in [0.29, 0.717) is 18.7 Å². The van der Waals surface area contributed by atoms with Crippen molar-refractivity contribution in [1.82, 2.24) is 0 Å². The Morgan fingerprint density at radius 1 is 1.06 bits per heavy atom. The molecule has 1 aromatic rings. The van der Waals surface area contributed by atoms with Gasteiger partial charge in [-0.3, -0.25) is 0 Å². The van der Waals surface area contributed by atoms with Crippen LogP contribution in [0.2, 0.25) is 0 Å². The number of aryl methyl sites for hydroxylation is 1. The molecule has 0 bridgehead atoms. The number of hydrogen-bond donors (Lipinski definition) is 1. The summed E-state index contributed by atoms with van der Waals surface area (Å²) < 4.78 is 0. The van der Waals surface area contributed by atoms with Crippen molar-refractivity contribution < 1.29 is 9.90 Å². The maximum atomic E-state index is 5.95. The second-order valence-corrected chi connectivity index (χ2v) is 4.93. The fraction of sp³-hybridized carbons (Fsp3) is 0.571. The highest BCUT2D eigenvalue weighted by Crippen LogP contribution is 2.06. The number of quaternary nitrogens is 1. The van der Waals surface area contributed by atoms with Crippen LogP contribution >= 0.6 is 0 Å². The molecule has 0 unspecified atom stereocenters. The molecule has 16 heavy (non-hydrogen) atoms. The Morgan fingerprint density at radius 2 is 1.62 bits per heavy atom. The zero-order valence-corrected chi connectivity index (χ0v) is 11.1. The van der Waals surface area contributed by atoms with Gasteiger partial charge in [-0.2, -0.15) is 9.90 Å². The van der Waals surface area contributed by atoms with Gasteiger partial charge >= 0.3 is 0 Å². The van der Waals surface area contributed by atoms with Crippen molar-refractivity contribution in [3.63, 3.8) is 0 Å². The van der Waals surface area contributed by atoms with Gasteiger partial charge in [0.25, 0.3) is 0 Å². The molecule has 90 valence electrons. The number of nitrogens with one attached hydrogen (secondary N) is 1. The first kappa shape index (κ1) is 13.2. The Labute approximate surface area is 99.2 Å². The molecule has 0 aliphatic rings. The average molecular weight is 222 g/mol. The van der Waals surface area contributed by atoms with E-state index in [2.05, 4.69) is 58.9 Å². The van der Waals surface area contributed by atoms with Crippen molar-refractivity contribution in [2.24, 2.45) is 0 Å². The zero-order valence-electron chi connectivity index (χ0n) is 11.1. The summed E-state index contributed by atoms with van der Waals surface area (Å²) in [6, 6.07) is 9.37. The van der Waals surface area contributed by atoms with E-state index in [4.69, 9.17) is 4.84 Å². The Kier molecular flexibility index (Phi) is 4.97. The summed E-state index contributed by atoms with van der Waals surface area (Å²) in [5.41, 5.74) is 2.58. The lowest BCUT2D eigenvalue weighted by molar-refractivity contribution is -1.13. The quantitative estimate of drug-likeness (QED) is 0.754. The lowest BCUT2D eigenvalue weighted by Gasteiger charge is -2.25. The summed E-state index contributed by atoms with van der Waals surface area (Å²) >= 11 is 0. The van der Waals surface area contributed by atoms with Crippen LogP contribution in [0.1, 0.15) is 38.8 Å². The van der Waals surface area contributed by atoms with Crippen LogP contribution < -0.4 is 5.06 Å². The minimum atomic E-state index is 0.490. The minimum Gasteiger partial charge on any atom is -0.199 e. The number of benzene rings is 1. The summed E-state index contributed by atoms with van der Waals surface area (Å²) in [6.07, 6.45) is 0. The fourth-order valence-corrected chi connectivity index (χ4v) is 1.93. The molecule has 1 N–H and O–H groups in total. The van der Waals surface area contributed by atoms with Crippen LogP contribution in [0.25, 0.3) is 0 Å². The molecule has 2 heteroatoms. The van der Waals surface area contributed by atoms with Gasteiger partial charge in [0.1, 0.15) is 18.7 Å². The molecule has 0 fully saturated rings. The Morgan fingerprint density at radius 3 is 2.12 bits per heavy atom. The maximum absolute atomic E-state index is 5.95. The van der Waals surface area contributed by atoms with Gasteiger partial charge in [0.15, 0.2) is 0 Å². The van der Waals surface area contributed by atoms with E-state index in [0.717, 1.165) is 0 Å².